The number of aromatic nitrogens is 2. The number of phosphoric ester groups is 1. The number of hydrogen-bond donors (Lipinski definition) is 4. The molecule has 0 amide bonds. The molecule has 2 rings (SSSR count). The van der Waals surface area contributed by atoms with Crippen LogP contribution in [-0.2, 0) is 20.6 Å². The molecule has 130 valence electrons. The Bertz CT molecular complexity index is 736. The molecule has 2 heterocycles. The molecule has 1 aliphatic rings. The quantitative estimate of drug-likeness (QED) is 0.440. The maximum atomic E-state index is 12.1. The first kappa shape index (κ1) is 18.0. The third-order valence-electron chi connectivity index (χ3n) is 3.43. The number of rotatable bonds is 5. The van der Waals surface area contributed by atoms with Gasteiger partial charge in [-0.3, -0.25) is 13.9 Å². The van der Waals surface area contributed by atoms with Crippen molar-refractivity contribution in [2.24, 2.45) is 0 Å². The van der Waals surface area contributed by atoms with Gasteiger partial charge in [0.15, 0.2) is 0 Å². The minimum absolute atomic E-state index is 0.0435. The fraction of sp³-hybridized carbons (Fsp3) is 0.636. The Morgan fingerprint density at radius 3 is 2.65 bits per heavy atom. The van der Waals surface area contributed by atoms with Gasteiger partial charge in [0.25, 0.3) is 5.56 Å². The molecule has 1 aromatic rings. The summed E-state index contributed by atoms with van der Waals surface area (Å²) in [7, 11) is -4.71. The smallest absolute Gasteiger partial charge is 0.390 e. The zero-order valence-corrected chi connectivity index (χ0v) is 13.0. The van der Waals surface area contributed by atoms with Gasteiger partial charge < -0.3 is 24.7 Å². The van der Waals surface area contributed by atoms with Gasteiger partial charge in [-0.1, -0.05) is 0 Å². The van der Waals surface area contributed by atoms with E-state index in [1.54, 1.807) is 0 Å². The molecule has 0 aromatic carbocycles. The maximum Gasteiger partial charge on any atom is 0.469 e. The van der Waals surface area contributed by atoms with Crippen LogP contribution in [0.1, 0.15) is 18.2 Å². The first-order valence-electron chi connectivity index (χ1n) is 6.61. The van der Waals surface area contributed by atoms with E-state index in [9.17, 15) is 19.3 Å². The first-order chi connectivity index (χ1) is 10.6. The van der Waals surface area contributed by atoms with Gasteiger partial charge in [-0.15, -0.1) is 0 Å². The second-order valence-corrected chi connectivity index (χ2v) is 6.33. The van der Waals surface area contributed by atoms with Crippen LogP contribution in [0.2, 0.25) is 0 Å². The standard InChI is InChI=1S/C11H17N2O9P/c1-6-3-12(11(17)13(5-14)10(6)16)9-2-7(15)8(22-9)4-21-23(18,19)20/h3,7-9,14-15H,2,4-5H2,1H3,(H2,18,19,20)/t7-,8+,9+/m0/s1. The molecule has 0 radical (unpaired) electrons. The summed E-state index contributed by atoms with van der Waals surface area (Å²) in [5.41, 5.74) is -1.28. The van der Waals surface area contributed by atoms with Crippen LogP contribution >= 0.6 is 7.82 Å². The normalized spacial score (nSPS) is 25.0. The molecule has 0 unspecified atom stereocenters. The van der Waals surface area contributed by atoms with Gasteiger partial charge >= 0.3 is 13.5 Å². The molecule has 23 heavy (non-hydrogen) atoms. The van der Waals surface area contributed by atoms with E-state index in [2.05, 4.69) is 4.52 Å². The van der Waals surface area contributed by atoms with Crippen molar-refractivity contribution in [3.05, 3.63) is 32.6 Å². The summed E-state index contributed by atoms with van der Waals surface area (Å²) in [6, 6.07) is 0. The van der Waals surface area contributed by atoms with E-state index in [-0.39, 0.29) is 12.0 Å². The van der Waals surface area contributed by atoms with Crippen LogP contribution < -0.4 is 11.2 Å². The van der Waals surface area contributed by atoms with Gasteiger partial charge in [-0.25, -0.2) is 13.9 Å². The van der Waals surface area contributed by atoms with Gasteiger partial charge in [0, 0.05) is 18.2 Å². The Morgan fingerprint density at radius 1 is 1.43 bits per heavy atom. The number of phosphoric acid groups is 1. The number of nitrogens with zero attached hydrogens (tertiary/aromatic N) is 2. The van der Waals surface area contributed by atoms with Crippen LogP contribution in [0, 0.1) is 6.92 Å². The van der Waals surface area contributed by atoms with E-state index < -0.39 is 50.8 Å². The van der Waals surface area contributed by atoms with Gasteiger partial charge in [0.1, 0.15) is 19.1 Å². The second-order valence-electron chi connectivity index (χ2n) is 5.10. The van der Waals surface area contributed by atoms with Gasteiger partial charge in [-0.2, -0.15) is 0 Å². The molecule has 0 saturated carbocycles. The third-order valence-corrected chi connectivity index (χ3v) is 3.92. The van der Waals surface area contributed by atoms with Crippen LogP contribution in [0.15, 0.2) is 15.8 Å². The molecule has 4 N–H and O–H groups in total. The molecule has 1 fully saturated rings. The Labute approximate surface area is 129 Å². The summed E-state index contributed by atoms with van der Waals surface area (Å²) >= 11 is 0. The summed E-state index contributed by atoms with van der Waals surface area (Å²) in [6.45, 7) is 0.0822. The molecule has 1 aliphatic heterocycles. The zero-order valence-electron chi connectivity index (χ0n) is 12.1. The highest BCUT2D eigenvalue weighted by Gasteiger charge is 2.37. The minimum atomic E-state index is -4.71. The van der Waals surface area contributed by atoms with Crippen LogP contribution in [-0.4, -0.2) is 47.9 Å². The Hall–Kier alpha value is -1.33. The van der Waals surface area contributed by atoms with Crippen LogP contribution in [0.5, 0.6) is 0 Å². The second kappa shape index (κ2) is 6.65. The molecule has 11 nitrogen and oxygen atoms in total. The zero-order chi connectivity index (χ0) is 17.4. The van der Waals surface area contributed by atoms with Crippen molar-refractivity contribution in [3.63, 3.8) is 0 Å². The molecular weight excluding hydrogens is 335 g/mol. The lowest BCUT2D eigenvalue weighted by molar-refractivity contribution is -0.0459. The molecule has 3 atom stereocenters. The molecule has 0 bridgehead atoms. The van der Waals surface area contributed by atoms with Crippen LogP contribution in [0.3, 0.4) is 0 Å². The maximum absolute atomic E-state index is 12.1. The Morgan fingerprint density at radius 2 is 2.09 bits per heavy atom. The summed E-state index contributed by atoms with van der Waals surface area (Å²) in [5.74, 6) is 0. The van der Waals surface area contributed by atoms with Crippen molar-refractivity contribution in [2.75, 3.05) is 6.61 Å². The van der Waals surface area contributed by atoms with E-state index in [4.69, 9.17) is 19.6 Å². The average Bonchev–Trinajstić information content (AvgIpc) is 2.81. The SMILES string of the molecule is Cc1cn([C@H]2C[C@H](O)[C@@H](COP(=O)(O)O)O2)c(=O)n(CO)c1=O. The highest BCUT2D eigenvalue weighted by atomic mass is 31.2. The largest absolute Gasteiger partial charge is 0.469 e. The molecule has 0 aliphatic carbocycles. The van der Waals surface area contributed by atoms with E-state index in [1.165, 1.54) is 13.1 Å². The van der Waals surface area contributed by atoms with Gasteiger partial charge in [0.2, 0.25) is 0 Å². The van der Waals surface area contributed by atoms with Crippen molar-refractivity contribution in [1.82, 2.24) is 9.13 Å². The van der Waals surface area contributed by atoms with Crippen molar-refractivity contribution in [1.29, 1.82) is 0 Å². The highest BCUT2D eigenvalue weighted by Crippen LogP contribution is 2.38. The van der Waals surface area contributed by atoms with Crippen molar-refractivity contribution in [2.45, 2.75) is 38.5 Å². The lowest BCUT2D eigenvalue weighted by Crippen LogP contribution is -2.42. The number of ether oxygens (including phenoxy) is 1. The highest BCUT2D eigenvalue weighted by molar-refractivity contribution is 7.46. The number of aryl methyl sites for hydroxylation is 1. The lowest BCUT2D eigenvalue weighted by Gasteiger charge is -2.17. The van der Waals surface area contributed by atoms with E-state index in [0.29, 0.717) is 4.57 Å². The number of aliphatic hydroxyl groups is 2. The molecule has 1 saturated heterocycles. The summed E-state index contributed by atoms with van der Waals surface area (Å²) in [5, 5.41) is 19.0. The number of aliphatic hydroxyl groups excluding tert-OH is 2. The fourth-order valence-corrected chi connectivity index (χ4v) is 2.64. The van der Waals surface area contributed by atoms with E-state index >= 15 is 0 Å². The topological polar surface area (TPSA) is 160 Å². The molecular formula is C11H17N2O9P. The van der Waals surface area contributed by atoms with Gasteiger partial charge in [-0.05, 0) is 6.92 Å². The predicted molar refractivity (Wildman–Crippen MR) is 74.4 cm³/mol. The van der Waals surface area contributed by atoms with E-state index in [1.807, 2.05) is 0 Å². The summed E-state index contributed by atoms with van der Waals surface area (Å²) in [4.78, 5) is 41.2. The van der Waals surface area contributed by atoms with Crippen molar-refractivity contribution in [3.8, 4) is 0 Å². The third kappa shape index (κ3) is 3.96. The first-order valence-corrected chi connectivity index (χ1v) is 8.14. The Balaban J connectivity index is 2.25. The predicted octanol–water partition coefficient (Wildman–Crippen LogP) is -1.97. The lowest BCUT2D eigenvalue weighted by atomic mass is 10.2. The number of hydrogen-bond acceptors (Lipinski definition) is 7. The molecule has 0 spiro atoms. The average molecular weight is 352 g/mol. The van der Waals surface area contributed by atoms with Crippen LogP contribution in [0.25, 0.3) is 0 Å². The minimum Gasteiger partial charge on any atom is -0.390 e. The molecule has 12 heteroatoms. The summed E-state index contributed by atoms with van der Waals surface area (Å²) < 4.78 is 22.0. The molecule has 1 aromatic heterocycles. The summed E-state index contributed by atoms with van der Waals surface area (Å²) in [6.07, 6.45) is -1.93. The van der Waals surface area contributed by atoms with Crippen molar-refractivity contribution >= 4 is 7.82 Å². The van der Waals surface area contributed by atoms with E-state index in [0.717, 1.165) is 4.57 Å². The van der Waals surface area contributed by atoms with Crippen LogP contribution in [0.4, 0.5) is 0 Å². The van der Waals surface area contributed by atoms with Gasteiger partial charge in [0.05, 0.1) is 12.7 Å². The monoisotopic (exact) mass is 352 g/mol. The fourth-order valence-electron chi connectivity index (χ4n) is 2.30. The van der Waals surface area contributed by atoms with Crippen molar-refractivity contribution < 1.29 is 33.8 Å². The Kier molecular flexibility index (Phi) is 5.21.